The van der Waals surface area contributed by atoms with E-state index in [2.05, 4.69) is 23.8 Å². The fourth-order valence-corrected chi connectivity index (χ4v) is 2.11. The van der Waals surface area contributed by atoms with E-state index in [4.69, 9.17) is 0 Å². The van der Waals surface area contributed by atoms with Gasteiger partial charge in [0.05, 0.1) is 5.92 Å². The predicted octanol–water partition coefficient (Wildman–Crippen LogP) is 0.464. The molecular weight excluding hydrogens is 184 g/mol. The van der Waals surface area contributed by atoms with E-state index in [0.29, 0.717) is 6.04 Å². The first-order valence-electron chi connectivity index (χ1n) is 4.74. The highest BCUT2D eigenvalue weighted by molar-refractivity contribution is 7.98. The molecule has 2 atom stereocenters. The molecule has 0 saturated carbocycles. The molecule has 1 rings (SSSR count). The third-order valence-electron chi connectivity index (χ3n) is 2.24. The standard InChI is InChI=1S/C9H18N2OS/c1-7(6-13-2)11-9(12)8-3-4-10-5-8/h7-8,10H,3-6H2,1-2H3,(H,11,12)/t7?,8-/m0/s1. The Bertz CT molecular complexity index is 169. The quantitative estimate of drug-likeness (QED) is 0.696. The van der Waals surface area contributed by atoms with E-state index in [-0.39, 0.29) is 11.8 Å². The van der Waals surface area contributed by atoms with Crippen LogP contribution in [0.15, 0.2) is 0 Å². The van der Waals surface area contributed by atoms with E-state index < -0.39 is 0 Å². The number of hydrogen-bond acceptors (Lipinski definition) is 3. The second-order valence-electron chi connectivity index (χ2n) is 3.55. The van der Waals surface area contributed by atoms with E-state index in [1.165, 1.54) is 0 Å². The molecule has 0 aliphatic carbocycles. The van der Waals surface area contributed by atoms with Crippen molar-refractivity contribution in [1.82, 2.24) is 10.6 Å². The minimum Gasteiger partial charge on any atom is -0.353 e. The zero-order valence-corrected chi connectivity index (χ0v) is 9.12. The van der Waals surface area contributed by atoms with Crippen molar-refractivity contribution in [2.75, 3.05) is 25.1 Å². The molecule has 1 aliphatic rings. The summed E-state index contributed by atoms with van der Waals surface area (Å²) in [5, 5.41) is 6.22. The summed E-state index contributed by atoms with van der Waals surface area (Å²) in [5.41, 5.74) is 0. The van der Waals surface area contributed by atoms with Crippen LogP contribution in [0.5, 0.6) is 0 Å². The first kappa shape index (κ1) is 10.9. The Hall–Kier alpha value is -0.220. The van der Waals surface area contributed by atoms with Crippen LogP contribution in [-0.4, -0.2) is 37.0 Å². The maximum Gasteiger partial charge on any atom is 0.224 e. The van der Waals surface area contributed by atoms with Crippen molar-refractivity contribution in [1.29, 1.82) is 0 Å². The van der Waals surface area contributed by atoms with Crippen LogP contribution in [0.1, 0.15) is 13.3 Å². The van der Waals surface area contributed by atoms with Gasteiger partial charge in [-0.1, -0.05) is 0 Å². The number of nitrogens with one attached hydrogen (secondary N) is 2. The first-order valence-corrected chi connectivity index (χ1v) is 6.13. The van der Waals surface area contributed by atoms with Crippen molar-refractivity contribution in [3.05, 3.63) is 0 Å². The van der Waals surface area contributed by atoms with Crippen LogP contribution in [0, 0.1) is 5.92 Å². The van der Waals surface area contributed by atoms with Gasteiger partial charge in [-0.25, -0.2) is 0 Å². The monoisotopic (exact) mass is 202 g/mol. The SMILES string of the molecule is CSCC(C)NC(=O)[C@H]1CCNC1. The van der Waals surface area contributed by atoms with Crippen molar-refractivity contribution in [2.45, 2.75) is 19.4 Å². The summed E-state index contributed by atoms with van der Waals surface area (Å²) < 4.78 is 0. The normalized spacial score (nSPS) is 24.3. The molecule has 3 nitrogen and oxygen atoms in total. The molecule has 1 fully saturated rings. The number of hydrogen-bond donors (Lipinski definition) is 2. The third kappa shape index (κ3) is 3.56. The predicted molar refractivity (Wildman–Crippen MR) is 57.0 cm³/mol. The lowest BCUT2D eigenvalue weighted by molar-refractivity contribution is -0.124. The molecular formula is C9H18N2OS. The van der Waals surface area contributed by atoms with Gasteiger partial charge in [0.1, 0.15) is 0 Å². The van der Waals surface area contributed by atoms with Crippen molar-refractivity contribution >= 4 is 17.7 Å². The van der Waals surface area contributed by atoms with Crippen molar-refractivity contribution in [3.63, 3.8) is 0 Å². The van der Waals surface area contributed by atoms with Gasteiger partial charge in [-0.05, 0) is 26.1 Å². The van der Waals surface area contributed by atoms with E-state index >= 15 is 0 Å². The smallest absolute Gasteiger partial charge is 0.224 e. The molecule has 1 heterocycles. The molecule has 1 saturated heterocycles. The summed E-state index contributed by atoms with van der Waals surface area (Å²) in [6, 6.07) is 0.295. The molecule has 0 bridgehead atoms. The van der Waals surface area contributed by atoms with Crippen LogP contribution in [0.2, 0.25) is 0 Å². The van der Waals surface area contributed by atoms with Crippen LogP contribution in [-0.2, 0) is 4.79 Å². The molecule has 13 heavy (non-hydrogen) atoms. The average molecular weight is 202 g/mol. The second-order valence-corrected chi connectivity index (χ2v) is 4.47. The van der Waals surface area contributed by atoms with Gasteiger partial charge in [-0.3, -0.25) is 4.79 Å². The molecule has 2 N–H and O–H groups in total. The minimum absolute atomic E-state index is 0.198. The zero-order chi connectivity index (χ0) is 9.68. The van der Waals surface area contributed by atoms with Gasteiger partial charge in [0, 0.05) is 18.3 Å². The zero-order valence-electron chi connectivity index (χ0n) is 8.30. The van der Waals surface area contributed by atoms with E-state index in [9.17, 15) is 4.79 Å². The molecule has 1 amide bonds. The maximum absolute atomic E-state index is 11.6. The Morgan fingerprint density at radius 2 is 2.54 bits per heavy atom. The third-order valence-corrected chi connectivity index (χ3v) is 3.07. The van der Waals surface area contributed by atoms with Crippen LogP contribution >= 0.6 is 11.8 Å². The van der Waals surface area contributed by atoms with E-state index in [1.807, 2.05) is 0 Å². The van der Waals surface area contributed by atoms with E-state index in [1.54, 1.807) is 11.8 Å². The lowest BCUT2D eigenvalue weighted by atomic mass is 10.1. The number of carbonyl (C=O) groups is 1. The highest BCUT2D eigenvalue weighted by atomic mass is 32.2. The number of rotatable bonds is 4. The van der Waals surface area contributed by atoms with Gasteiger partial charge in [-0.2, -0.15) is 11.8 Å². The number of carbonyl (C=O) groups excluding carboxylic acids is 1. The molecule has 0 spiro atoms. The Labute approximate surface area is 84.0 Å². The van der Waals surface area contributed by atoms with Gasteiger partial charge in [0.2, 0.25) is 5.91 Å². The van der Waals surface area contributed by atoms with Crippen LogP contribution in [0.3, 0.4) is 0 Å². The maximum atomic E-state index is 11.6. The molecule has 76 valence electrons. The molecule has 0 aromatic carbocycles. The van der Waals surface area contributed by atoms with Crippen LogP contribution < -0.4 is 10.6 Å². The summed E-state index contributed by atoms with van der Waals surface area (Å²) in [5.74, 6) is 1.40. The number of amides is 1. The number of thioether (sulfide) groups is 1. The summed E-state index contributed by atoms with van der Waals surface area (Å²) in [6.45, 7) is 3.88. The van der Waals surface area contributed by atoms with Crippen molar-refractivity contribution in [2.24, 2.45) is 5.92 Å². The lowest BCUT2D eigenvalue weighted by Gasteiger charge is -2.15. The lowest BCUT2D eigenvalue weighted by Crippen LogP contribution is -2.39. The molecule has 0 radical (unpaired) electrons. The Morgan fingerprint density at radius 1 is 1.77 bits per heavy atom. The van der Waals surface area contributed by atoms with E-state index in [0.717, 1.165) is 25.3 Å². The summed E-state index contributed by atoms with van der Waals surface area (Å²) in [7, 11) is 0. The Morgan fingerprint density at radius 3 is 3.08 bits per heavy atom. The first-order chi connectivity index (χ1) is 6.24. The largest absolute Gasteiger partial charge is 0.353 e. The Kier molecular flexibility index (Phi) is 4.59. The fraction of sp³-hybridized carbons (Fsp3) is 0.889. The second kappa shape index (κ2) is 5.50. The average Bonchev–Trinajstić information content (AvgIpc) is 2.55. The molecule has 0 aromatic heterocycles. The highest BCUT2D eigenvalue weighted by Crippen LogP contribution is 2.08. The fourth-order valence-electron chi connectivity index (χ4n) is 1.53. The highest BCUT2D eigenvalue weighted by Gasteiger charge is 2.22. The minimum atomic E-state index is 0.198. The van der Waals surface area contributed by atoms with Gasteiger partial charge < -0.3 is 10.6 Å². The molecule has 1 aliphatic heterocycles. The van der Waals surface area contributed by atoms with Gasteiger partial charge in [0.15, 0.2) is 0 Å². The Balaban J connectivity index is 2.23. The summed E-state index contributed by atoms with van der Waals surface area (Å²) >= 11 is 1.76. The van der Waals surface area contributed by atoms with Crippen LogP contribution in [0.4, 0.5) is 0 Å². The molecule has 0 aromatic rings. The van der Waals surface area contributed by atoms with Crippen LogP contribution in [0.25, 0.3) is 0 Å². The van der Waals surface area contributed by atoms with Gasteiger partial charge in [0.25, 0.3) is 0 Å². The van der Waals surface area contributed by atoms with Crippen molar-refractivity contribution < 1.29 is 4.79 Å². The molecule has 1 unspecified atom stereocenters. The van der Waals surface area contributed by atoms with Gasteiger partial charge in [-0.15, -0.1) is 0 Å². The summed E-state index contributed by atoms with van der Waals surface area (Å²) in [4.78, 5) is 11.6. The topological polar surface area (TPSA) is 41.1 Å². The van der Waals surface area contributed by atoms with Gasteiger partial charge >= 0.3 is 0 Å². The summed E-state index contributed by atoms with van der Waals surface area (Å²) in [6.07, 6.45) is 3.04. The molecule has 4 heteroatoms. The van der Waals surface area contributed by atoms with Crippen molar-refractivity contribution in [3.8, 4) is 0 Å².